The van der Waals surface area contributed by atoms with Crippen LogP contribution in [0.2, 0.25) is 5.02 Å². The Balaban J connectivity index is 1.44. The summed E-state index contributed by atoms with van der Waals surface area (Å²) in [4.78, 5) is 35.9. The molecule has 46 heavy (non-hydrogen) atoms. The molecule has 2 aromatic heterocycles. The third kappa shape index (κ3) is 6.05. The fourth-order valence-electron chi connectivity index (χ4n) is 5.52. The Bertz CT molecular complexity index is 2050. The van der Waals surface area contributed by atoms with Gasteiger partial charge in [-0.05, 0) is 60.2 Å². The second-order valence-corrected chi connectivity index (χ2v) is 12.6. The van der Waals surface area contributed by atoms with Gasteiger partial charge >= 0.3 is 12.1 Å². The highest BCUT2D eigenvalue weighted by Crippen LogP contribution is 2.31. The van der Waals surface area contributed by atoms with Crippen molar-refractivity contribution < 1.29 is 31.1 Å². The van der Waals surface area contributed by atoms with E-state index in [-0.39, 0.29) is 16.1 Å². The summed E-state index contributed by atoms with van der Waals surface area (Å²) in [6, 6.07) is 18.6. The van der Waals surface area contributed by atoms with E-state index in [1.807, 2.05) is 12.1 Å². The van der Waals surface area contributed by atoms with Crippen molar-refractivity contribution >= 4 is 44.3 Å². The lowest BCUT2D eigenvalue weighted by molar-refractivity contribution is -0.274. The predicted molar refractivity (Wildman–Crippen MR) is 165 cm³/mol. The summed E-state index contributed by atoms with van der Waals surface area (Å²) in [7, 11) is -4.69. The maximum atomic E-state index is 14.3. The largest absolute Gasteiger partial charge is 0.573 e. The van der Waals surface area contributed by atoms with Gasteiger partial charge in [-0.3, -0.25) is 14.3 Å². The molecule has 0 spiro atoms. The molecular weight excluding hydrogens is 647 g/mol. The number of imidazole rings is 1. The molecule has 1 saturated heterocycles. The molecule has 10 nitrogen and oxygen atoms in total. The topological polar surface area (TPSA) is 107 Å². The number of alkyl halides is 3. The third-order valence-electron chi connectivity index (χ3n) is 7.62. The standard InChI is InChI=1S/C31H25ClF3N5O5S/c32-22-6-11-26-27(20-22)39(30(42)40(26)46(43,44)25-9-7-24(8-10-25)45-31(33,34)35)28(21-4-2-1-3-5-21)29(41)38-18-16-37(17-19-38)23-12-14-36-15-13-23/h1-15,20,28H,16-19H2. The van der Waals surface area contributed by atoms with Gasteiger partial charge in [-0.2, -0.15) is 3.97 Å². The number of carbonyl (C=O) groups excluding carboxylic acids is 1. The summed E-state index contributed by atoms with van der Waals surface area (Å²) in [5, 5.41) is 0.190. The van der Waals surface area contributed by atoms with E-state index in [0.29, 0.717) is 35.7 Å². The number of aromatic nitrogens is 3. The van der Waals surface area contributed by atoms with Crippen molar-refractivity contribution in [2.45, 2.75) is 17.3 Å². The van der Waals surface area contributed by atoms with Crippen molar-refractivity contribution in [2.75, 3.05) is 31.1 Å². The molecule has 15 heteroatoms. The first-order valence-electron chi connectivity index (χ1n) is 14.0. The fourth-order valence-corrected chi connectivity index (χ4v) is 7.08. The Morgan fingerprint density at radius 1 is 0.870 bits per heavy atom. The summed E-state index contributed by atoms with van der Waals surface area (Å²) in [5.74, 6) is -1.06. The quantitative estimate of drug-likeness (QED) is 0.242. The molecule has 0 saturated carbocycles. The van der Waals surface area contributed by atoms with Crippen LogP contribution < -0.4 is 15.3 Å². The van der Waals surface area contributed by atoms with Gasteiger partial charge in [0.1, 0.15) is 11.8 Å². The van der Waals surface area contributed by atoms with Gasteiger partial charge in [0.2, 0.25) is 0 Å². The number of hydrogen-bond acceptors (Lipinski definition) is 7. The number of benzene rings is 3. The van der Waals surface area contributed by atoms with Crippen LogP contribution in [0.15, 0.2) is 107 Å². The van der Waals surface area contributed by atoms with E-state index in [4.69, 9.17) is 11.6 Å². The van der Waals surface area contributed by atoms with Gasteiger partial charge in [0, 0.05) is 49.3 Å². The molecule has 0 aliphatic carbocycles. The molecule has 1 unspecified atom stereocenters. The maximum absolute atomic E-state index is 14.3. The number of carbonyl (C=O) groups is 1. The van der Waals surface area contributed by atoms with Crippen molar-refractivity contribution in [3.8, 4) is 5.75 Å². The van der Waals surface area contributed by atoms with Crippen LogP contribution in [0.3, 0.4) is 0 Å². The molecule has 238 valence electrons. The van der Waals surface area contributed by atoms with Crippen molar-refractivity contribution in [2.24, 2.45) is 0 Å². The van der Waals surface area contributed by atoms with Crippen molar-refractivity contribution in [1.82, 2.24) is 18.4 Å². The molecule has 1 aliphatic rings. The van der Waals surface area contributed by atoms with Crippen LogP contribution >= 0.6 is 11.6 Å². The number of rotatable bonds is 7. The molecule has 0 bridgehead atoms. The molecule has 1 fully saturated rings. The van der Waals surface area contributed by atoms with Gasteiger partial charge in [0.15, 0.2) is 0 Å². The zero-order chi connectivity index (χ0) is 32.6. The highest BCUT2D eigenvalue weighted by Gasteiger charge is 2.36. The van der Waals surface area contributed by atoms with Crippen LogP contribution in [0.4, 0.5) is 18.9 Å². The monoisotopic (exact) mass is 671 g/mol. The molecule has 1 aliphatic heterocycles. The van der Waals surface area contributed by atoms with E-state index in [2.05, 4.69) is 14.6 Å². The minimum absolute atomic E-state index is 0.0683. The molecule has 1 atom stereocenters. The van der Waals surface area contributed by atoms with Crippen molar-refractivity contribution in [3.05, 3.63) is 118 Å². The van der Waals surface area contributed by atoms with E-state index < -0.39 is 44.7 Å². The molecule has 3 heterocycles. The zero-order valence-electron chi connectivity index (χ0n) is 23.8. The number of anilines is 1. The number of pyridine rings is 1. The van der Waals surface area contributed by atoms with E-state index >= 15 is 0 Å². The van der Waals surface area contributed by atoms with Gasteiger partial charge in [0.05, 0.1) is 15.9 Å². The molecular formula is C31H25ClF3N5O5S. The lowest BCUT2D eigenvalue weighted by Gasteiger charge is -2.37. The minimum atomic E-state index is -4.98. The van der Waals surface area contributed by atoms with Gasteiger partial charge in [0.25, 0.3) is 15.9 Å². The first-order chi connectivity index (χ1) is 21.9. The Morgan fingerprint density at radius 3 is 2.15 bits per heavy atom. The Morgan fingerprint density at radius 2 is 1.52 bits per heavy atom. The van der Waals surface area contributed by atoms with Crippen LogP contribution in [0.5, 0.6) is 5.75 Å². The maximum Gasteiger partial charge on any atom is 0.573 e. The van der Waals surface area contributed by atoms with Crippen LogP contribution in [0, 0.1) is 0 Å². The number of amides is 1. The van der Waals surface area contributed by atoms with Crippen LogP contribution in [0.25, 0.3) is 11.0 Å². The SMILES string of the molecule is O=C(C(c1ccccc1)n1c(=O)n(S(=O)(=O)c2ccc(OC(F)(F)F)cc2)c2ccc(Cl)cc21)N1CCN(c2ccncc2)CC1. The Hall–Kier alpha value is -4.82. The molecule has 1 amide bonds. The summed E-state index contributed by atoms with van der Waals surface area (Å²) in [6.45, 7) is 1.71. The second-order valence-electron chi connectivity index (χ2n) is 10.4. The highest BCUT2D eigenvalue weighted by atomic mass is 35.5. The number of fused-ring (bicyclic) bond motifs is 1. The molecule has 3 aromatic carbocycles. The first-order valence-corrected chi connectivity index (χ1v) is 15.8. The first kappa shape index (κ1) is 31.2. The average molecular weight is 672 g/mol. The second kappa shape index (κ2) is 12.2. The van der Waals surface area contributed by atoms with Gasteiger partial charge in [-0.15, -0.1) is 13.2 Å². The number of ether oxygens (including phenoxy) is 1. The lowest BCUT2D eigenvalue weighted by atomic mass is 10.0. The van der Waals surface area contributed by atoms with Gasteiger partial charge < -0.3 is 14.5 Å². The highest BCUT2D eigenvalue weighted by molar-refractivity contribution is 7.90. The minimum Gasteiger partial charge on any atom is -0.406 e. The average Bonchev–Trinajstić information content (AvgIpc) is 3.33. The summed E-state index contributed by atoms with van der Waals surface area (Å²) in [5.41, 5.74) is 0.359. The number of halogens is 4. The van der Waals surface area contributed by atoms with Gasteiger partial charge in [-0.1, -0.05) is 41.9 Å². The van der Waals surface area contributed by atoms with Crippen molar-refractivity contribution in [1.29, 1.82) is 0 Å². The van der Waals surface area contributed by atoms with Crippen LogP contribution in [0.1, 0.15) is 11.6 Å². The fraction of sp³-hybridized carbons (Fsp3) is 0.194. The predicted octanol–water partition coefficient (Wildman–Crippen LogP) is 4.93. The van der Waals surface area contributed by atoms with E-state index in [0.717, 1.165) is 34.5 Å². The van der Waals surface area contributed by atoms with E-state index in [1.54, 1.807) is 47.6 Å². The van der Waals surface area contributed by atoms with Crippen LogP contribution in [-0.4, -0.2) is 65.3 Å². The van der Waals surface area contributed by atoms with Crippen molar-refractivity contribution in [3.63, 3.8) is 0 Å². The zero-order valence-corrected chi connectivity index (χ0v) is 25.4. The lowest BCUT2D eigenvalue weighted by Crippen LogP contribution is -2.51. The number of nitrogens with zero attached hydrogens (tertiary/aromatic N) is 5. The molecule has 0 radical (unpaired) electrons. The smallest absolute Gasteiger partial charge is 0.406 e. The Kier molecular flexibility index (Phi) is 8.25. The van der Waals surface area contributed by atoms with Gasteiger partial charge in [-0.25, -0.2) is 13.2 Å². The summed E-state index contributed by atoms with van der Waals surface area (Å²) in [6.07, 6.45) is -1.61. The normalized spacial score (nSPS) is 14.8. The van der Waals surface area contributed by atoms with E-state index in [1.165, 1.54) is 18.2 Å². The number of hydrogen-bond donors (Lipinski definition) is 0. The number of piperazine rings is 1. The third-order valence-corrected chi connectivity index (χ3v) is 9.55. The van der Waals surface area contributed by atoms with E-state index in [9.17, 15) is 31.2 Å². The molecule has 5 aromatic rings. The molecule has 0 N–H and O–H groups in total. The molecule has 6 rings (SSSR count). The Labute approximate surface area is 265 Å². The van der Waals surface area contributed by atoms with Crippen LogP contribution in [-0.2, 0) is 14.8 Å². The summed E-state index contributed by atoms with van der Waals surface area (Å²) >= 11 is 6.32. The summed E-state index contributed by atoms with van der Waals surface area (Å²) < 4.78 is 71.4.